The monoisotopic (exact) mass is 657 g/mol. The van der Waals surface area contributed by atoms with Crippen LogP contribution in [0.1, 0.15) is 52.1 Å². The van der Waals surface area contributed by atoms with Crippen molar-refractivity contribution in [1.82, 2.24) is 20.2 Å². The van der Waals surface area contributed by atoms with E-state index in [-0.39, 0.29) is 28.5 Å². The number of aliphatic imine (C=N–C) groups is 1. The molecular formula is C35H44ClN9O2. The number of aromatic nitrogens is 2. The summed E-state index contributed by atoms with van der Waals surface area (Å²) in [5.74, 6) is -0.903. The number of guanidine groups is 1. The van der Waals surface area contributed by atoms with Crippen LogP contribution in [0, 0.1) is 6.92 Å². The largest absolute Gasteiger partial charge is 0.382 e. The zero-order chi connectivity index (χ0) is 33.9. The number of fused-ring (bicyclic) bond motifs is 1. The van der Waals surface area contributed by atoms with Gasteiger partial charge in [0.25, 0.3) is 5.91 Å². The van der Waals surface area contributed by atoms with Gasteiger partial charge in [-0.25, -0.2) is 9.97 Å². The van der Waals surface area contributed by atoms with Crippen LogP contribution in [0.5, 0.6) is 0 Å². The average Bonchev–Trinajstić information content (AvgIpc) is 3.04. The Morgan fingerprint density at radius 3 is 2.32 bits per heavy atom. The predicted molar refractivity (Wildman–Crippen MR) is 191 cm³/mol. The lowest BCUT2D eigenvalue weighted by Crippen LogP contribution is -2.38. The van der Waals surface area contributed by atoms with Crippen LogP contribution in [0.25, 0.3) is 10.8 Å². The van der Waals surface area contributed by atoms with Crippen molar-refractivity contribution in [2.45, 2.75) is 51.5 Å². The average molecular weight is 658 g/mol. The molecule has 0 saturated heterocycles. The number of nitrogens with zero attached hydrogens (tertiary/aromatic N) is 4. The van der Waals surface area contributed by atoms with Gasteiger partial charge in [0.05, 0.1) is 11.7 Å². The van der Waals surface area contributed by atoms with E-state index in [2.05, 4.69) is 81.0 Å². The lowest BCUT2D eigenvalue weighted by Gasteiger charge is -2.16. The van der Waals surface area contributed by atoms with Gasteiger partial charge < -0.3 is 27.4 Å². The van der Waals surface area contributed by atoms with Crippen LogP contribution >= 0.6 is 11.6 Å². The number of carbonyl (C=O) groups is 2. The van der Waals surface area contributed by atoms with E-state index in [1.54, 1.807) is 6.92 Å². The topological polar surface area (TPSA) is 178 Å². The van der Waals surface area contributed by atoms with Crippen LogP contribution in [0.15, 0.2) is 65.7 Å². The molecule has 47 heavy (non-hydrogen) atoms. The number of aryl methyl sites for hydroxylation is 3. The summed E-state index contributed by atoms with van der Waals surface area (Å²) in [5.41, 5.74) is 22.6. The number of unbranched alkanes of at least 4 members (excludes halogenated alkanes) is 1. The number of hydrogen-bond donors (Lipinski definition) is 5. The van der Waals surface area contributed by atoms with Crippen LogP contribution in [-0.4, -0.2) is 65.9 Å². The standard InChI is InChI=1S/C35H44ClN9O2/c1-22-31(36)43-30(32(38)41-22)34(47)44-35(39)40-19-7-6-10-24-15-16-25(28-12-5-4-11-27(24)28)21-29(37)33(46)42-26-17-13-23(14-18-26)9-8-20-45(2)3/h4-5,11-18,29H,6-10,19-21,37H2,1-3H3,(H2,38,41)(H,42,46)(H3,39,40,44,47)/t29-/m0/s1. The third-order valence-corrected chi connectivity index (χ3v) is 8.16. The number of nitrogens with two attached hydrogens (primary N) is 3. The van der Waals surface area contributed by atoms with Crippen molar-refractivity contribution in [3.05, 3.63) is 93.9 Å². The molecule has 4 aromatic rings. The molecule has 0 bridgehead atoms. The van der Waals surface area contributed by atoms with Gasteiger partial charge >= 0.3 is 0 Å². The summed E-state index contributed by atoms with van der Waals surface area (Å²) in [7, 11) is 4.14. The highest BCUT2D eigenvalue weighted by Gasteiger charge is 2.18. The zero-order valence-corrected chi connectivity index (χ0v) is 28.0. The van der Waals surface area contributed by atoms with Crippen LogP contribution in [0.2, 0.25) is 5.15 Å². The van der Waals surface area contributed by atoms with Crippen molar-refractivity contribution < 1.29 is 9.59 Å². The number of carbonyl (C=O) groups excluding carboxylic acids is 2. The Morgan fingerprint density at radius 2 is 1.62 bits per heavy atom. The fraction of sp³-hybridized carbons (Fsp3) is 0.343. The number of benzene rings is 3. The Kier molecular flexibility index (Phi) is 12.6. The number of nitrogens with one attached hydrogen (secondary N) is 2. The minimum atomic E-state index is -0.695. The number of halogens is 1. The van der Waals surface area contributed by atoms with Gasteiger partial charge in [-0.05, 0) is 106 Å². The van der Waals surface area contributed by atoms with Crippen LogP contribution < -0.4 is 27.8 Å². The van der Waals surface area contributed by atoms with Gasteiger partial charge in [0, 0.05) is 12.2 Å². The minimum Gasteiger partial charge on any atom is -0.382 e. The molecule has 1 aromatic heterocycles. The first-order valence-electron chi connectivity index (χ1n) is 15.7. The van der Waals surface area contributed by atoms with Crippen molar-refractivity contribution >= 4 is 51.7 Å². The maximum absolute atomic E-state index is 13.0. The molecule has 0 aliphatic heterocycles. The summed E-state index contributed by atoms with van der Waals surface area (Å²) in [6.45, 7) is 3.11. The quantitative estimate of drug-likeness (QED) is 0.0759. The lowest BCUT2D eigenvalue weighted by atomic mass is 9.93. The fourth-order valence-electron chi connectivity index (χ4n) is 5.26. The van der Waals surface area contributed by atoms with E-state index in [9.17, 15) is 9.59 Å². The SMILES string of the molecule is Cc1nc(N)c(C(=O)NC(N)=NCCCCc2ccc(C[C@H](N)C(=O)Nc3ccc(CCCN(C)C)cc3)c3ccccc23)nc1Cl. The number of hydrogen-bond acceptors (Lipinski definition) is 8. The molecule has 0 aliphatic rings. The van der Waals surface area contributed by atoms with Gasteiger partial charge in [0.15, 0.2) is 22.6 Å². The Morgan fingerprint density at radius 1 is 0.936 bits per heavy atom. The van der Waals surface area contributed by atoms with E-state index < -0.39 is 11.9 Å². The van der Waals surface area contributed by atoms with E-state index in [0.29, 0.717) is 18.7 Å². The fourth-order valence-corrected chi connectivity index (χ4v) is 5.39. The maximum Gasteiger partial charge on any atom is 0.280 e. The molecule has 0 aliphatic carbocycles. The van der Waals surface area contributed by atoms with E-state index in [0.717, 1.165) is 60.7 Å². The van der Waals surface area contributed by atoms with Crippen LogP contribution in [0.3, 0.4) is 0 Å². The predicted octanol–water partition coefficient (Wildman–Crippen LogP) is 4.24. The molecule has 11 nitrogen and oxygen atoms in total. The Hall–Kier alpha value is -4.58. The van der Waals surface area contributed by atoms with Crippen molar-refractivity contribution in [2.24, 2.45) is 16.5 Å². The van der Waals surface area contributed by atoms with E-state index in [4.69, 9.17) is 28.8 Å². The van der Waals surface area contributed by atoms with E-state index in [1.165, 1.54) is 11.1 Å². The first kappa shape index (κ1) is 35.3. The first-order chi connectivity index (χ1) is 22.5. The van der Waals surface area contributed by atoms with Crippen LogP contribution in [-0.2, 0) is 24.1 Å². The van der Waals surface area contributed by atoms with Crippen molar-refractivity contribution in [1.29, 1.82) is 0 Å². The molecule has 0 radical (unpaired) electrons. The van der Waals surface area contributed by atoms with Gasteiger partial charge in [-0.3, -0.25) is 19.9 Å². The van der Waals surface area contributed by atoms with Gasteiger partial charge in [-0.2, -0.15) is 0 Å². The first-order valence-corrected chi connectivity index (χ1v) is 16.1. The molecule has 12 heteroatoms. The van der Waals surface area contributed by atoms with Gasteiger partial charge in [0.2, 0.25) is 5.91 Å². The summed E-state index contributed by atoms with van der Waals surface area (Å²) in [6, 6.07) is 19.6. The van der Waals surface area contributed by atoms with E-state index in [1.807, 2.05) is 24.3 Å². The third kappa shape index (κ3) is 10.2. The summed E-state index contributed by atoms with van der Waals surface area (Å²) in [5, 5.41) is 7.75. The second-order valence-corrected chi connectivity index (χ2v) is 12.2. The lowest BCUT2D eigenvalue weighted by molar-refractivity contribution is -0.117. The van der Waals surface area contributed by atoms with Gasteiger partial charge in [-0.15, -0.1) is 0 Å². The highest BCUT2D eigenvalue weighted by atomic mass is 35.5. The molecule has 2 amide bonds. The van der Waals surface area contributed by atoms with Crippen molar-refractivity contribution in [3.8, 4) is 0 Å². The molecule has 0 spiro atoms. The molecule has 0 unspecified atom stereocenters. The smallest absolute Gasteiger partial charge is 0.280 e. The molecule has 8 N–H and O–H groups in total. The zero-order valence-electron chi connectivity index (χ0n) is 27.2. The Bertz CT molecular complexity index is 1720. The Labute approximate surface area is 281 Å². The van der Waals surface area contributed by atoms with Gasteiger partial charge in [-0.1, -0.05) is 60.1 Å². The van der Waals surface area contributed by atoms with Gasteiger partial charge in [0.1, 0.15) is 0 Å². The Balaban J connectivity index is 1.28. The van der Waals surface area contributed by atoms with E-state index >= 15 is 0 Å². The highest BCUT2D eigenvalue weighted by molar-refractivity contribution is 6.30. The summed E-state index contributed by atoms with van der Waals surface area (Å²) >= 11 is 5.97. The summed E-state index contributed by atoms with van der Waals surface area (Å²) in [4.78, 5) is 39.9. The van der Waals surface area contributed by atoms with Crippen molar-refractivity contribution in [3.63, 3.8) is 0 Å². The summed E-state index contributed by atoms with van der Waals surface area (Å²) < 4.78 is 0. The number of amides is 2. The molecule has 1 atom stereocenters. The minimum absolute atomic E-state index is 0.0318. The molecule has 1 heterocycles. The second kappa shape index (κ2) is 16.8. The molecule has 248 valence electrons. The molecular weight excluding hydrogens is 614 g/mol. The molecule has 0 fully saturated rings. The van der Waals surface area contributed by atoms with Crippen molar-refractivity contribution in [2.75, 3.05) is 38.2 Å². The summed E-state index contributed by atoms with van der Waals surface area (Å²) in [6.07, 6.45) is 4.94. The third-order valence-electron chi connectivity index (χ3n) is 7.81. The van der Waals surface area contributed by atoms with Crippen LogP contribution in [0.4, 0.5) is 11.5 Å². The number of rotatable bonds is 14. The molecule has 4 rings (SSSR count). The maximum atomic E-state index is 13.0. The molecule has 0 saturated carbocycles. The normalized spacial score (nSPS) is 12.3. The number of nitrogen functional groups attached to an aromatic ring is 1. The highest BCUT2D eigenvalue weighted by Crippen LogP contribution is 2.25. The molecule has 3 aromatic carbocycles. The number of anilines is 2. The second-order valence-electron chi connectivity index (χ2n) is 11.8.